The smallest absolute Gasteiger partial charge is 0.224 e. The van der Waals surface area contributed by atoms with Gasteiger partial charge in [-0.15, -0.1) is 0 Å². The summed E-state index contributed by atoms with van der Waals surface area (Å²) in [7, 11) is 0. The monoisotopic (exact) mass is 313 g/mol. The van der Waals surface area contributed by atoms with Gasteiger partial charge in [-0.25, -0.2) is 4.39 Å². The van der Waals surface area contributed by atoms with Crippen LogP contribution in [0, 0.1) is 12.7 Å². The molecule has 3 heteroatoms. The van der Waals surface area contributed by atoms with Crippen LogP contribution in [-0.2, 0) is 16.6 Å². The quantitative estimate of drug-likeness (QED) is 0.845. The van der Waals surface area contributed by atoms with Gasteiger partial charge in [0.25, 0.3) is 0 Å². The molecule has 1 amide bonds. The maximum absolute atomic E-state index is 13.5. The molecule has 0 fully saturated rings. The predicted octanol–water partition coefficient (Wildman–Crippen LogP) is 5.00. The minimum atomic E-state index is -0.305. The van der Waals surface area contributed by atoms with Gasteiger partial charge in [0.05, 0.1) is 0 Å². The number of halogens is 1. The van der Waals surface area contributed by atoms with Crippen molar-refractivity contribution < 1.29 is 9.18 Å². The van der Waals surface area contributed by atoms with Crippen LogP contribution in [0.5, 0.6) is 0 Å². The number of carbonyl (C=O) groups excluding carboxylic acids is 1. The molecule has 0 aliphatic carbocycles. The van der Waals surface area contributed by atoms with Crippen molar-refractivity contribution in [3.63, 3.8) is 0 Å². The topological polar surface area (TPSA) is 29.1 Å². The van der Waals surface area contributed by atoms with Gasteiger partial charge in [0.15, 0.2) is 0 Å². The Morgan fingerprint density at radius 3 is 2.35 bits per heavy atom. The standard InChI is InChI=1S/C20H24FNO/c1-14-17(21)6-5-7-18(14)22-19(23)13-10-15-8-11-16(12-9-15)20(2,3)4/h5-9,11-12H,10,13H2,1-4H3,(H,22,23). The van der Waals surface area contributed by atoms with Crippen LogP contribution in [0.15, 0.2) is 42.5 Å². The summed E-state index contributed by atoms with van der Waals surface area (Å²) in [4.78, 5) is 12.0. The number of amides is 1. The van der Waals surface area contributed by atoms with E-state index in [0.717, 1.165) is 5.56 Å². The highest BCUT2D eigenvalue weighted by Crippen LogP contribution is 2.22. The molecule has 0 aromatic heterocycles. The van der Waals surface area contributed by atoms with E-state index in [4.69, 9.17) is 0 Å². The Hall–Kier alpha value is -2.16. The minimum Gasteiger partial charge on any atom is -0.326 e. The Bertz CT molecular complexity index is 684. The lowest BCUT2D eigenvalue weighted by atomic mass is 9.86. The molecular formula is C20H24FNO. The summed E-state index contributed by atoms with van der Waals surface area (Å²) in [5, 5.41) is 2.78. The summed E-state index contributed by atoms with van der Waals surface area (Å²) >= 11 is 0. The Morgan fingerprint density at radius 2 is 1.74 bits per heavy atom. The first-order valence-electron chi connectivity index (χ1n) is 7.92. The fourth-order valence-electron chi connectivity index (χ4n) is 2.38. The van der Waals surface area contributed by atoms with E-state index < -0.39 is 0 Å². The molecule has 0 saturated carbocycles. The van der Waals surface area contributed by atoms with E-state index in [-0.39, 0.29) is 17.1 Å². The number of hydrogen-bond donors (Lipinski definition) is 1. The molecule has 0 aliphatic rings. The maximum atomic E-state index is 13.5. The van der Waals surface area contributed by atoms with Crippen molar-refractivity contribution in [1.29, 1.82) is 0 Å². The Kier molecular flexibility index (Phi) is 5.19. The van der Waals surface area contributed by atoms with Gasteiger partial charge >= 0.3 is 0 Å². The molecule has 122 valence electrons. The fraction of sp³-hybridized carbons (Fsp3) is 0.350. The van der Waals surface area contributed by atoms with Gasteiger partial charge in [-0.1, -0.05) is 51.1 Å². The fourth-order valence-corrected chi connectivity index (χ4v) is 2.38. The normalized spacial score (nSPS) is 11.3. The van der Waals surface area contributed by atoms with Crippen molar-refractivity contribution in [2.75, 3.05) is 5.32 Å². The van der Waals surface area contributed by atoms with Crippen LogP contribution in [0.25, 0.3) is 0 Å². The number of aryl methyl sites for hydroxylation is 1. The third-order valence-electron chi connectivity index (χ3n) is 4.00. The SMILES string of the molecule is Cc1c(F)cccc1NC(=O)CCc1ccc(C(C)(C)C)cc1. The summed E-state index contributed by atoms with van der Waals surface area (Å²) in [5.74, 6) is -0.404. The van der Waals surface area contributed by atoms with E-state index in [0.29, 0.717) is 24.1 Å². The molecule has 0 radical (unpaired) electrons. The maximum Gasteiger partial charge on any atom is 0.224 e. The van der Waals surface area contributed by atoms with Crippen LogP contribution < -0.4 is 5.32 Å². The van der Waals surface area contributed by atoms with E-state index in [1.165, 1.54) is 11.6 Å². The average Bonchev–Trinajstić information content (AvgIpc) is 2.49. The Morgan fingerprint density at radius 1 is 1.09 bits per heavy atom. The molecule has 0 saturated heterocycles. The number of carbonyl (C=O) groups is 1. The predicted molar refractivity (Wildman–Crippen MR) is 93.2 cm³/mol. The molecule has 2 aromatic rings. The first-order chi connectivity index (χ1) is 10.8. The van der Waals surface area contributed by atoms with E-state index >= 15 is 0 Å². The van der Waals surface area contributed by atoms with Gasteiger partial charge in [0.2, 0.25) is 5.91 Å². The third kappa shape index (κ3) is 4.65. The molecule has 0 bridgehead atoms. The molecule has 23 heavy (non-hydrogen) atoms. The Balaban J connectivity index is 1.93. The number of benzene rings is 2. The zero-order chi connectivity index (χ0) is 17.0. The van der Waals surface area contributed by atoms with Crippen LogP contribution in [0.2, 0.25) is 0 Å². The summed E-state index contributed by atoms with van der Waals surface area (Å²) in [6, 6.07) is 13.1. The third-order valence-corrected chi connectivity index (χ3v) is 4.00. The summed E-state index contributed by atoms with van der Waals surface area (Å²) in [5.41, 5.74) is 3.55. The van der Waals surface area contributed by atoms with E-state index in [9.17, 15) is 9.18 Å². The molecule has 2 rings (SSSR count). The lowest BCUT2D eigenvalue weighted by Crippen LogP contribution is -2.14. The van der Waals surface area contributed by atoms with Crippen molar-refractivity contribution >= 4 is 11.6 Å². The molecule has 0 heterocycles. The van der Waals surface area contributed by atoms with Crippen molar-refractivity contribution in [1.82, 2.24) is 0 Å². The van der Waals surface area contributed by atoms with Gasteiger partial charge in [0.1, 0.15) is 5.82 Å². The number of nitrogens with one attached hydrogen (secondary N) is 1. The number of hydrogen-bond acceptors (Lipinski definition) is 1. The molecule has 0 atom stereocenters. The zero-order valence-electron chi connectivity index (χ0n) is 14.2. The molecule has 1 N–H and O–H groups in total. The molecule has 0 spiro atoms. The minimum absolute atomic E-state index is 0.0985. The van der Waals surface area contributed by atoms with E-state index in [1.54, 1.807) is 19.1 Å². The highest BCUT2D eigenvalue weighted by molar-refractivity contribution is 5.91. The second-order valence-electron chi connectivity index (χ2n) is 6.91. The highest BCUT2D eigenvalue weighted by atomic mass is 19.1. The van der Waals surface area contributed by atoms with Gasteiger partial charge in [-0.05, 0) is 42.0 Å². The van der Waals surface area contributed by atoms with E-state index in [2.05, 4.69) is 50.4 Å². The van der Waals surface area contributed by atoms with Crippen molar-refractivity contribution in [3.05, 3.63) is 65.0 Å². The van der Waals surface area contributed by atoms with Crippen LogP contribution in [0.3, 0.4) is 0 Å². The van der Waals surface area contributed by atoms with E-state index in [1.807, 2.05) is 0 Å². The van der Waals surface area contributed by atoms with Crippen molar-refractivity contribution in [2.24, 2.45) is 0 Å². The van der Waals surface area contributed by atoms with Gasteiger partial charge in [-0.2, -0.15) is 0 Å². The lowest BCUT2D eigenvalue weighted by molar-refractivity contribution is -0.116. The lowest BCUT2D eigenvalue weighted by Gasteiger charge is -2.19. The summed E-state index contributed by atoms with van der Waals surface area (Å²) in [6.45, 7) is 8.19. The van der Waals surface area contributed by atoms with Crippen LogP contribution in [0.1, 0.15) is 43.9 Å². The number of anilines is 1. The van der Waals surface area contributed by atoms with Crippen molar-refractivity contribution in [2.45, 2.75) is 46.0 Å². The summed E-state index contributed by atoms with van der Waals surface area (Å²) < 4.78 is 13.5. The zero-order valence-corrected chi connectivity index (χ0v) is 14.2. The average molecular weight is 313 g/mol. The van der Waals surface area contributed by atoms with Gasteiger partial charge < -0.3 is 5.32 Å². The highest BCUT2D eigenvalue weighted by Gasteiger charge is 2.13. The van der Waals surface area contributed by atoms with Crippen LogP contribution >= 0.6 is 0 Å². The first-order valence-corrected chi connectivity index (χ1v) is 7.92. The van der Waals surface area contributed by atoms with Crippen LogP contribution in [-0.4, -0.2) is 5.91 Å². The molecule has 2 aromatic carbocycles. The summed E-state index contributed by atoms with van der Waals surface area (Å²) in [6.07, 6.45) is 1.05. The van der Waals surface area contributed by atoms with Crippen molar-refractivity contribution in [3.8, 4) is 0 Å². The molecule has 2 nitrogen and oxygen atoms in total. The van der Waals surface area contributed by atoms with Crippen LogP contribution in [0.4, 0.5) is 10.1 Å². The second kappa shape index (κ2) is 6.95. The molecule has 0 unspecified atom stereocenters. The molecule has 0 aliphatic heterocycles. The van der Waals surface area contributed by atoms with Gasteiger partial charge in [0, 0.05) is 17.7 Å². The first kappa shape index (κ1) is 17.2. The number of rotatable bonds is 4. The second-order valence-corrected chi connectivity index (χ2v) is 6.91. The largest absolute Gasteiger partial charge is 0.326 e. The van der Waals surface area contributed by atoms with Gasteiger partial charge in [-0.3, -0.25) is 4.79 Å². The Labute approximate surface area is 137 Å². The molecular weight excluding hydrogens is 289 g/mol.